The van der Waals surface area contributed by atoms with Crippen LogP contribution in [0.4, 0.5) is 9.18 Å². The molecule has 5 heteroatoms. The molecule has 1 aromatic carbocycles. The Morgan fingerprint density at radius 2 is 2.35 bits per heavy atom. The largest absolute Gasteiger partial charge is 0.465 e. The van der Waals surface area contributed by atoms with Gasteiger partial charge < -0.3 is 15.4 Å². The van der Waals surface area contributed by atoms with Crippen LogP contribution in [0.5, 0.6) is 0 Å². The molecule has 1 aromatic heterocycles. The molecular formula is C12H13FN2O2. The fourth-order valence-electron chi connectivity index (χ4n) is 1.91. The number of hydrogen-bond donors (Lipinski definition) is 3. The Labute approximate surface area is 97.5 Å². The summed E-state index contributed by atoms with van der Waals surface area (Å²) in [6.45, 7) is 1.77. The van der Waals surface area contributed by atoms with Gasteiger partial charge in [0.25, 0.3) is 0 Å². The molecule has 0 unspecified atom stereocenters. The minimum absolute atomic E-state index is 0.213. The van der Waals surface area contributed by atoms with Gasteiger partial charge in [0.1, 0.15) is 5.82 Å². The zero-order valence-corrected chi connectivity index (χ0v) is 9.33. The van der Waals surface area contributed by atoms with E-state index < -0.39 is 6.09 Å². The number of carbonyl (C=O) groups is 1. The second-order valence-electron chi connectivity index (χ2n) is 4.06. The van der Waals surface area contributed by atoms with Crippen molar-refractivity contribution in [1.82, 2.24) is 10.3 Å². The van der Waals surface area contributed by atoms with Crippen molar-refractivity contribution in [3.8, 4) is 0 Å². The van der Waals surface area contributed by atoms with E-state index in [4.69, 9.17) is 5.11 Å². The van der Waals surface area contributed by atoms with Crippen molar-refractivity contribution in [2.24, 2.45) is 0 Å². The SMILES string of the molecule is C[C@@H](Cc1c[nH]c2ccc(F)cc12)NC(=O)O. The highest BCUT2D eigenvalue weighted by Crippen LogP contribution is 2.20. The zero-order valence-electron chi connectivity index (χ0n) is 9.33. The molecule has 0 aliphatic rings. The lowest BCUT2D eigenvalue weighted by molar-refractivity contribution is 0.190. The number of rotatable bonds is 3. The van der Waals surface area contributed by atoms with Gasteiger partial charge in [-0.1, -0.05) is 0 Å². The molecule has 0 bridgehead atoms. The average Bonchev–Trinajstić information content (AvgIpc) is 2.60. The van der Waals surface area contributed by atoms with E-state index in [0.717, 1.165) is 16.5 Å². The maximum absolute atomic E-state index is 13.1. The van der Waals surface area contributed by atoms with Crippen LogP contribution in [0.25, 0.3) is 10.9 Å². The lowest BCUT2D eigenvalue weighted by Crippen LogP contribution is -2.32. The normalized spacial score (nSPS) is 12.6. The van der Waals surface area contributed by atoms with Crippen molar-refractivity contribution >= 4 is 17.0 Å². The molecular weight excluding hydrogens is 223 g/mol. The molecule has 0 spiro atoms. The Morgan fingerprint density at radius 3 is 3.06 bits per heavy atom. The van der Waals surface area contributed by atoms with Crippen LogP contribution in [0, 0.1) is 5.82 Å². The lowest BCUT2D eigenvalue weighted by atomic mass is 10.1. The Morgan fingerprint density at radius 1 is 1.59 bits per heavy atom. The van der Waals surface area contributed by atoms with Crippen LogP contribution in [0.3, 0.4) is 0 Å². The van der Waals surface area contributed by atoms with Crippen LogP contribution in [-0.2, 0) is 6.42 Å². The molecule has 0 fully saturated rings. The highest BCUT2D eigenvalue weighted by atomic mass is 19.1. The number of fused-ring (bicyclic) bond motifs is 1. The smallest absolute Gasteiger partial charge is 0.404 e. The van der Waals surface area contributed by atoms with Gasteiger partial charge in [-0.3, -0.25) is 0 Å². The van der Waals surface area contributed by atoms with Crippen LogP contribution >= 0.6 is 0 Å². The Kier molecular flexibility index (Phi) is 2.99. The van der Waals surface area contributed by atoms with E-state index in [1.54, 1.807) is 19.2 Å². The molecule has 2 aromatic rings. The summed E-state index contributed by atoms with van der Waals surface area (Å²) in [6.07, 6.45) is 1.25. The number of aromatic nitrogens is 1. The molecule has 0 saturated heterocycles. The van der Waals surface area contributed by atoms with Crippen LogP contribution in [0.1, 0.15) is 12.5 Å². The Hall–Kier alpha value is -2.04. The number of halogens is 1. The van der Waals surface area contributed by atoms with Gasteiger partial charge in [0.15, 0.2) is 0 Å². The second kappa shape index (κ2) is 4.45. The molecule has 1 amide bonds. The fourth-order valence-corrected chi connectivity index (χ4v) is 1.91. The monoisotopic (exact) mass is 236 g/mol. The molecule has 0 saturated carbocycles. The first-order valence-electron chi connectivity index (χ1n) is 5.31. The van der Waals surface area contributed by atoms with Gasteiger partial charge in [-0.05, 0) is 37.1 Å². The summed E-state index contributed by atoms with van der Waals surface area (Å²) in [7, 11) is 0. The molecule has 3 N–H and O–H groups in total. The van der Waals surface area contributed by atoms with E-state index in [1.165, 1.54) is 12.1 Å². The minimum Gasteiger partial charge on any atom is -0.465 e. The van der Waals surface area contributed by atoms with E-state index in [2.05, 4.69) is 10.3 Å². The third-order valence-corrected chi connectivity index (χ3v) is 2.63. The maximum Gasteiger partial charge on any atom is 0.404 e. The third-order valence-electron chi connectivity index (χ3n) is 2.63. The molecule has 0 radical (unpaired) electrons. The number of aromatic amines is 1. The minimum atomic E-state index is -1.05. The van der Waals surface area contributed by atoms with Gasteiger partial charge in [-0.15, -0.1) is 0 Å². The number of carboxylic acid groups (broad SMARTS) is 1. The highest BCUT2D eigenvalue weighted by Gasteiger charge is 2.10. The van der Waals surface area contributed by atoms with Crippen LogP contribution in [-0.4, -0.2) is 22.2 Å². The summed E-state index contributed by atoms with van der Waals surface area (Å²) < 4.78 is 13.1. The van der Waals surface area contributed by atoms with Crippen molar-refractivity contribution in [1.29, 1.82) is 0 Å². The summed E-state index contributed by atoms with van der Waals surface area (Å²) >= 11 is 0. The van der Waals surface area contributed by atoms with Crippen molar-refractivity contribution in [3.05, 3.63) is 35.8 Å². The first kappa shape index (κ1) is 11.4. The maximum atomic E-state index is 13.1. The van der Waals surface area contributed by atoms with Gasteiger partial charge in [-0.2, -0.15) is 0 Å². The molecule has 17 heavy (non-hydrogen) atoms. The molecule has 1 heterocycles. The average molecular weight is 236 g/mol. The summed E-state index contributed by atoms with van der Waals surface area (Å²) in [5.74, 6) is -0.294. The number of benzene rings is 1. The van der Waals surface area contributed by atoms with Crippen molar-refractivity contribution in [3.63, 3.8) is 0 Å². The molecule has 90 valence electrons. The van der Waals surface area contributed by atoms with Gasteiger partial charge in [-0.25, -0.2) is 9.18 Å². The molecule has 2 rings (SSSR count). The Balaban J connectivity index is 2.24. The first-order valence-corrected chi connectivity index (χ1v) is 5.31. The predicted molar refractivity (Wildman–Crippen MR) is 62.6 cm³/mol. The number of hydrogen-bond acceptors (Lipinski definition) is 1. The topological polar surface area (TPSA) is 65.1 Å². The second-order valence-corrected chi connectivity index (χ2v) is 4.06. The third kappa shape index (κ3) is 2.55. The highest BCUT2D eigenvalue weighted by molar-refractivity contribution is 5.83. The molecule has 4 nitrogen and oxygen atoms in total. The van der Waals surface area contributed by atoms with E-state index in [-0.39, 0.29) is 11.9 Å². The number of nitrogens with one attached hydrogen (secondary N) is 2. The van der Waals surface area contributed by atoms with E-state index in [9.17, 15) is 9.18 Å². The Bertz CT molecular complexity index is 550. The summed E-state index contributed by atoms with van der Waals surface area (Å²) in [6, 6.07) is 4.30. The van der Waals surface area contributed by atoms with Crippen molar-refractivity contribution in [2.45, 2.75) is 19.4 Å². The van der Waals surface area contributed by atoms with E-state index in [1.807, 2.05) is 0 Å². The number of amides is 1. The van der Waals surface area contributed by atoms with Gasteiger partial charge in [0, 0.05) is 23.1 Å². The zero-order chi connectivity index (χ0) is 12.4. The predicted octanol–water partition coefficient (Wildman–Crippen LogP) is 2.51. The van der Waals surface area contributed by atoms with Gasteiger partial charge >= 0.3 is 6.09 Å². The molecule has 0 aliphatic heterocycles. The van der Waals surface area contributed by atoms with Crippen LogP contribution in [0.2, 0.25) is 0 Å². The number of H-pyrrole nitrogens is 1. The van der Waals surface area contributed by atoms with Crippen molar-refractivity contribution in [2.75, 3.05) is 0 Å². The van der Waals surface area contributed by atoms with Gasteiger partial charge in [0.05, 0.1) is 0 Å². The lowest BCUT2D eigenvalue weighted by Gasteiger charge is -2.10. The quantitative estimate of drug-likeness (QED) is 0.766. The van der Waals surface area contributed by atoms with Crippen molar-refractivity contribution < 1.29 is 14.3 Å². The summed E-state index contributed by atoms with van der Waals surface area (Å²) in [5.41, 5.74) is 1.75. The summed E-state index contributed by atoms with van der Waals surface area (Å²) in [5, 5.41) is 11.8. The van der Waals surface area contributed by atoms with Gasteiger partial charge in [0.2, 0.25) is 0 Å². The van der Waals surface area contributed by atoms with Crippen LogP contribution in [0.15, 0.2) is 24.4 Å². The first-order chi connectivity index (χ1) is 8.06. The van der Waals surface area contributed by atoms with Crippen LogP contribution < -0.4 is 5.32 Å². The van der Waals surface area contributed by atoms with E-state index in [0.29, 0.717) is 6.42 Å². The summed E-state index contributed by atoms with van der Waals surface area (Å²) in [4.78, 5) is 13.5. The molecule has 0 aliphatic carbocycles. The fraction of sp³-hybridized carbons (Fsp3) is 0.250. The molecule has 1 atom stereocenters. The van der Waals surface area contributed by atoms with E-state index >= 15 is 0 Å². The standard InChI is InChI=1S/C12H13FN2O2/c1-7(15-12(16)17)4-8-6-14-11-3-2-9(13)5-10(8)11/h2-3,5-7,14-15H,4H2,1H3,(H,16,17)/t7-/m0/s1.